The van der Waals surface area contributed by atoms with Gasteiger partial charge in [-0.25, -0.2) is 17.7 Å². The Kier molecular flexibility index (Phi) is 5.49. The molecule has 8 heteroatoms. The zero-order chi connectivity index (χ0) is 14.5. The maximum absolute atomic E-state index is 11.4. The quantitative estimate of drug-likeness (QED) is 0.697. The van der Waals surface area contributed by atoms with Crippen molar-refractivity contribution in [3.05, 3.63) is 22.2 Å². The van der Waals surface area contributed by atoms with E-state index in [1.165, 1.54) is 16.6 Å². The number of rotatable bonds is 7. The lowest BCUT2D eigenvalue weighted by atomic mass is 10.4. The van der Waals surface area contributed by atoms with Crippen LogP contribution in [-0.4, -0.2) is 48.6 Å². The summed E-state index contributed by atoms with van der Waals surface area (Å²) in [4.78, 5) is 17.9. The minimum atomic E-state index is -3.14. The number of hydrogen-bond donors (Lipinski definition) is 2. The van der Waals surface area contributed by atoms with Gasteiger partial charge in [-0.05, 0) is 13.3 Å². The van der Waals surface area contributed by atoms with E-state index in [-0.39, 0.29) is 5.56 Å². The number of aromatic amines is 1. The molecule has 7 nitrogen and oxygen atoms in total. The highest BCUT2D eigenvalue weighted by molar-refractivity contribution is 7.88. The normalized spacial score (nSPS) is 11.8. The van der Waals surface area contributed by atoms with Crippen LogP contribution in [0.25, 0.3) is 0 Å². The zero-order valence-electron chi connectivity index (χ0n) is 11.4. The molecule has 19 heavy (non-hydrogen) atoms. The summed E-state index contributed by atoms with van der Waals surface area (Å²) in [6, 6.07) is 1.38. The molecule has 1 aromatic rings. The van der Waals surface area contributed by atoms with Crippen molar-refractivity contribution in [1.82, 2.24) is 14.3 Å². The van der Waals surface area contributed by atoms with Crippen LogP contribution in [0.15, 0.2) is 10.9 Å². The first-order chi connectivity index (χ1) is 8.82. The van der Waals surface area contributed by atoms with Gasteiger partial charge in [0.05, 0.1) is 6.26 Å². The van der Waals surface area contributed by atoms with Crippen LogP contribution in [0.4, 0.5) is 5.82 Å². The molecule has 0 amide bonds. The first kappa shape index (κ1) is 15.6. The Morgan fingerprint density at radius 2 is 2.16 bits per heavy atom. The maximum atomic E-state index is 11.4. The highest BCUT2D eigenvalue weighted by Crippen LogP contribution is 2.01. The van der Waals surface area contributed by atoms with E-state index in [0.29, 0.717) is 37.7 Å². The van der Waals surface area contributed by atoms with Crippen LogP contribution in [-0.2, 0) is 10.0 Å². The summed E-state index contributed by atoms with van der Waals surface area (Å²) in [5.41, 5.74) is -0.207. The average molecular weight is 288 g/mol. The fourth-order valence-electron chi connectivity index (χ4n) is 1.70. The predicted molar refractivity (Wildman–Crippen MR) is 74.8 cm³/mol. The first-order valence-corrected chi connectivity index (χ1v) is 7.94. The van der Waals surface area contributed by atoms with Crippen molar-refractivity contribution >= 4 is 15.8 Å². The lowest BCUT2D eigenvalue weighted by molar-refractivity contribution is 0.428. The Morgan fingerprint density at radius 1 is 1.47 bits per heavy atom. The number of hydrogen-bond acceptors (Lipinski definition) is 5. The minimum Gasteiger partial charge on any atom is -0.370 e. The van der Waals surface area contributed by atoms with Gasteiger partial charge in [0.2, 0.25) is 10.0 Å². The topological polar surface area (TPSA) is 95.2 Å². The summed E-state index contributed by atoms with van der Waals surface area (Å²) in [7, 11) is -3.14. The number of sulfonamides is 1. The molecule has 1 heterocycles. The van der Waals surface area contributed by atoms with Gasteiger partial charge in [-0.2, -0.15) is 0 Å². The largest absolute Gasteiger partial charge is 0.370 e. The number of anilines is 1. The first-order valence-electron chi connectivity index (χ1n) is 6.10. The van der Waals surface area contributed by atoms with Crippen molar-refractivity contribution in [2.45, 2.75) is 20.3 Å². The summed E-state index contributed by atoms with van der Waals surface area (Å²) >= 11 is 0. The van der Waals surface area contributed by atoms with Gasteiger partial charge in [0.25, 0.3) is 5.56 Å². The average Bonchev–Trinajstić information content (AvgIpc) is 2.25. The Morgan fingerprint density at radius 3 is 2.68 bits per heavy atom. The molecule has 0 spiro atoms. The van der Waals surface area contributed by atoms with Gasteiger partial charge in [0.15, 0.2) is 0 Å². The molecule has 0 radical (unpaired) electrons. The summed E-state index contributed by atoms with van der Waals surface area (Å²) in [6.45, 7) is 4.97. The second-order valence-electron chi connectivity index (χ2n) is 4.25. The molecular weight excluding hydrogens is 268 g/mol. The molecule has 2 N–H and O–H groups in total. The summed E-state index contributed by atoms with van der Waals surface area (Å²) in [6.07, 6.45) is 1.85. The van der Waals surface area contributed by atoms with Gasteiger partial charge >= 0.3 is 0 Å². The molecule has 1 aromatic heterocycles. The second-order valence-corrected chi connectivity index (χ2v) is 6.23. The van der Waals surface area contributed by atoms with Crippen molar-refractivity contribution in [3.63, 3.8) is 0 Å². The van der Waals surface area contributed by atoms with E-state index >= 15 is 0 Å². The van der Waals surface area contributed by atoms with Crippen molar-refractivity contribution in [2.75, 3.05) is 31.2 Å². The van der Waals surface area contributed by atoms with Crippen molar-refractivity contribution in [1.29, 1.82) is 0 Å². The number of aromatic nitrogens is 2. The molecular formula is C11H20N4O3S. The molecule has 0 aliphatic carbocycles. The fourth-order valence-corrected chi connectivity index (χ4v) is 2.63. The number of H-pyrrole nitrogens is 1. The molecule has 0 aliphatic heterocycles. The molecule has 0 atom stereocenters. The third-order valence-electron chi connectivity index (χ3n) is 2.57. The van der Waals surface area contributed by atoms with Crippen LogP contribution in [0.5, 0.6) is 0 Å². The molecule has 0 unspecified atom stereocenters. The zero-order valence-corrected chi connectivity index (χ0v) is 12.2. The van der Waals surface area contributed by atoms with Gasteiger partial charge in [0.1, 0.15) is 11.6 Å². The highest BCUT2D eigenvalue weighted by atomic mass is 32.2. The molecule has 0 bridgehead atoms. The van der Waals surface area contributed by atoms with E-state index in [2.05, 4.69) is 15.3 Å². The number of aryl methyl sites for hydroxylation is 1. The van der Waals surface area contributed by atoms with Crippen molar-refractivity contribution < 1.29 is 8.42 Å². The predicted octanol–water partition coefficient (Wildman–Crippen LogP) is 0.162. The third-order valence-corrected chi connectivity index (χ3v) is 3.95. The lowest BCUT2D eigenvalue weighted by Gasteiger charge is -2.17. The Bertz CT molecular complexity index is 568. The molecule has 108 valence electrons. The van der Waals surface area contributed by atoms with Crippen LogP contribution in [0.3, 0.4) is 0 Å². The van der Waals surface area contributed by atoms with E-state index in [1.807, 2.05) is 0 Å². The van der Waals surface area contributed by atoms with Crippen molar-refractivity contribution in [3.8, 4) is 0 Å². The number of nitrogens with zero attached hydrogens (tertiary/aromatic N) is 2. The second kappa shape index (κ2) is 6.67. The molecule has 0 aliphatic rings. The Balaban J connectivity index is 2.44. The van der Waals surface area contributed by atoms with Crippen LogP contribution in [0.2, 0.25) is 0 Å². The summed E-state index contributed by atoms with van der Waals surface area (Å²) in [5, 5.41) is 3.00. The monoisotopic (exact) mass is 288 g/mol. The third kappa shape index (κ3) is 5.39. The van der Waals surface area contributed by atoms with E-state index in [0.717, 1.165) is 0 Å². The Hall–Kier alpha value is -1.41. The maximum Gasteiger partial charge on any atom is 0.252 e. The fraction of sp³-hybridized carbons (Fsp3) is 0.636. The van der Waals surface area contributed by atoms with Crippen LogP contribution >= 0.6 is 0 Å². The summed E-state index contributed by atoms with van der Waals surface area (Å²) in [5.74, 6) is 1.05. The van der Waals surface area contributed by atoms with Gasteiger partial charge in [0, 0.05) is 25.7 Å². The standard InChI is InChI=1S/C11H20N4O3S/c1-4-15(19(3,17)18)7-5-6-12-10-8-11(16)14-9(2)13-10/h8H,4-7H2,1-3H3,(H2,12,13,14,16). The van der Waals surface area contributed by atoms with Gasteiger partial charge in [-0.15, -0.1) is 0 Å². The van der Waals surface area contributed by atoms with E-state index < -0.39 is 10.0 Å². The number of nitrogens with one attached hydrogen (secondary N) is 2. The van der Waals surface area contributed by atoms with E-state index in [4.69, 9.17) is 0 Å². The molecule has 1 rings (SSSR count). The lowest BCUT2D eigenvalue weighted by Crippen LogP contribution is -2.31. The van der Waals surface area contributed by atoms with Crippen LogP contribution in [0, 0.1) is 6.92 Å². The minimum absolute atomic E-state index is 0.207. The van der Waals surface area contributed by atoms with E-state index in [9.17, 15) is 13.2 Å². The molecule has 0 aromatic carbocycles. The van der Waals surface area contributed by atoms with Gasteiger partial charge in [-0.3, -0.25) is 4.79 Å². The SMILES string of the molecule is CCN(CCCNc1cc(=O)[nH]c(C)n1)S(C)(=O)=O. The molecule has 0 saturated heterocycles. The van der Waals surface area contributed by atoms with Gasteiger partial charge in [-0.1, -0.05) is 6.92 Å². The van der Waals surface area contributed by atoms with E-state index in [1.54, 1.807) is 13.8 Å². The molecule has 0 fully saturated rings. The smallest absolute Gasteiger partial charge is 0.252 e. The Labute approximate surface area is 113 Å². The molecule has 0 saturated carbocycles. The van der Waals surface area contributed by atoms with Crippen LogP contribution in [0.1, 0.15) is 19.2 Å². The van der Waals surface area contributed by atoms with Gasteiger partial charge < -0.3 is 10.3 Å². The highest BCUT2D eigenvalue weighted by Gasteiger charge is 2.12. The van der Waals surface area contributed by atoms with Crippen LogP contribution < -0.4 is 10.9 Å². The summed E-state index contributed by atoms with van der Waals surface area (Å²) < 4.78 is 24.1. The van der Waals surface area contributed by atoms with Crippen molar-refractivity contribution in [2.24, 2.45) is 0 Å².